The van der Waals surface area contributed by atoms with E-state index in [0.29, 0.717) is 22.8 Å². The Labute approximate surface area is 294 Å². The highest BCUT2D eigenvalue weighted by atomic mass is 32.2. The molecular weight excluding hydrogens is 647 g/mol. The number of anilines is 2. The van der Waals surface area contributed by atoms with E-state index >= 15 is 0 Å². The number of nitrogens with one attached hydrogen (secondary N) is 3. The van der Waals surface area contributed by atoms with Crippen molar-refractivity contribution in [2.75, 3.05) is 10.3 Å². The van der Waals surface area contributed by atoms with Crippen molar-refractivity contribution in [3.63, 3.8) is 0 Å². The number of rotatable bonds is 10. The lowest BCUT2D eigenvalue weighted by atomic mass is 10.0. The second-order valence-electron chi connectivity index (χ2n) is 11.4. The molecule has 0 saturated heterocycles. The van der Waals surface area contributed by atoms with Gasteiger partial charge in [-0.1, -0.05) is 91.0 Å². The van der Waals surface area contributed by atoms with Crippen molar-refractivity contribution in [3.05, 3.63) is 156 Å². The van der Waals surface area contributed by atoms with Crippen LogP contribution in [0, 0.1) is 0 Å². The lowest BCUT2D eigenvalue weighted by molar-refractivity contribution is -0.119. The highest BCUT2D eigenvalue weighted by Crippen LogP contribution is 2.26. The molecule has 10 heteroatoms. The molecule has 4 amide bonds. The predicted molar refractivity (Wildman–Crippen MR) is 198 cm³/mol. The van der Waals surface area contributed by atoms with Crippen LogP contribution in [0.3, 0.4) is 0 Å². The normalized spacial score (nSPS) is 13.3. The lowest BCUT2D eigenvalue weighted by Crippen LogP contribution is -2.35. The molecule has 0 spiro atoms. The number of carbonyl (C=O) groups excluding carboxylic acids is 4. The summed E-state index contributed by atoms with van der Waals surface area (Å²) >= 11 is 1.33. The molecule has 1 unspecified atom stereocenters. The van der Waals surface area contributed by atoms with Crippen LogP contribution in [0.25, 0.3) is 17.2 Å². The number of thioether (sulfide) groups is 1. The summed E-state index contributed by atoms with van der Waals surface area (Å²) in [7, 11) is 0. The maximum absolute atomic E-state index is 13.5. The first-order valence-electron chi connectivity index (χ1n) is 15.9. The summed E-state index contributed by atoms with van der Waals surface area (Å²) in [5, 5.41) is 13.5. The van der Waals surface area contributed by atoms with Gasteiger partial charge in [0.1, 0.15) is 11.5 Å². The van der Waals surface area contributed by atoms with E-state index in [2.05, 4.69) is 21.1 Å². The van der Waals surface area contributed by atoms with Crippen molar-refractivity contribution in [2.45, 2.75) is 23.5 Å². The van der Waals surface area contributed by atoms with Gasteiger partial charge in [-0.3, -0.25) is 19.2 Å². The number of hydrogen-bond donors (Lipinski definition) is 3. The van der Waals surface area contributed by atoms with Gasteiger partial charge in [0.25, 0.3) is 17.7 Å². The predicted octanol–water partition coefficient (Wildman–Crippen LogP) is 7.11. The van der Waals surface area contributed by atoms with Gasteiger partial charge in [-0.15, -0.1) is 11.8 Å². The van der Waals surface area contributed by atoms with Gasteiger partial charge >= 0.3 is 0 Å². The fourth-order valence-corrected chi connectivity index (χ4v) is 5.97. The van der Waals surface area contributed by atoms with E-state index in [9.17, 15) is 19.2 Å². The molecule has 5 aromatic rings. The van der Waals surface area contributed by atoms with E-state index in [1.165, 1.54) is 16.8 Å². The molecule has 0 bridgehead atoms. The van der Waals surface area contributed by atoms with E-state index in [-0.39, 0.29) is 23.9 Å². The van der Waals surface area contributed by atoms with Crippen LogP contribution in [0.5, 0.6) is 0 Å². The molecule has 1 aliphatic rings. The molecule has 0 fully saturated rings. The van der Waals surface area contributed by atoms with Gasteiger partial charge in [-0.25, -0.2) is 0 Å². The number of hydrogen-bond acceptors (Lipinski definition) is 6. The van der Waals surface area contributed by atoms with Crippen LogP contribution in [-0.2, 0) is 14.4 Å². The molecule has 0 saturated carbocycles. The molecule has 5 aromatic carbocycles. The molecule has 1 atom stereocenters. The van der Waals surface area contributed by atoms with Crippen molar-refractivity contribution < 1.29 is 19.2 Å². The first-order chi connectivity index (χ1) is 24.3. The largest absolute Gasteiger partial charge is 0.321 e. The number of amides is 4. The summed E-state index contributed by atoms with van der Waals surface area (Å²) in [5.74, 6) is -1.11. The van der Waals surface area contributed by atoms with Crippen LogP contribution in [0.1, 0.15) is 29.3 Å². The topological polar surface area (TPSA) is 120 Å². The van der Waals surface area contributed by atoms with Crippen LogP contribution in [0.15, 0.2) is 155 Å². The Kier molecular flexibility index (Phi) is 10.6. The highest BCUT2D eigenvalue weighted by molar-refractivity contribution is 8.00. The average molecular weight is 680 g/mol. The standard InChI is InChI=1S/C40H33N5O4S/c1-27(38(47)43-36-26-37(46)45(44-36)33-15-9-4-10-16-33)50-34-23-21-32(22-24-34)41-40(49)35(42-39(48)31-13-7-3-8-14-31)25-28-17-19-30(20-18-28)29-11-5-2-6-12-29/h2-25,27H,26H2,1H3,(H,41,49)(H,42,48)(H,43,44,47)/b35-25-. The van der Waals surface area contributed by atoms with E-state index < -0.39 is 17.1 Å². The molecule has 0 aromatic heterocycles. The molecule has 1 heterocycles. The van der Waals surface area contributed by atoms with Crippen LogP contribution in [-0.4, -0.2) is 34.7 Å². The molecule has 50 heavy (non-hydrogen) atoms. The Hall–Kier alpha value is -6.26. The van der Waals surface area contributed by atoms with Crippen molar-refractivity contribution >= 4 is 58.7 Å². The number of benzene rings is 5. The van der Waals surface area contributed by atoms with Gasteiger partial charge in [-0.2, -0.15) is 10.1 Å². The second-order valence-corrected chi connectivity index (χ2v) is 12.8. The van der Waals surface area contributed by atoms with E-state index in [1.807, 2.05) is 78.9 Å². The molecule has 248 valence electrons. The molecule has 1 aliphatic heterocycles. The number of para-hydroxylation sites is 1. The number of carbonyl (C=O) groups is 4. The minimum atomic E-state index is -0.494. The van der Waals surface area contributed by atoms with Gasteiger partial charge in [0.2, 0.25) is 5.91 Å². The number of amidine groups is 1. The van der Waals surface area contributed by atoms with Crippen molar-refractivity contribution in [1.82, 2.24) is 10.6 Å². The van der Waals surface area contributed by atoms with Crippen molar-refractivity contribution in [2.24, 2.45) is 5.10 Å². The van der Waals surface area contributed by atoms with E-state index in [0.717, 1.165) is 21.6 Å². The minimum absolute atomic E-state index is 0.00759. The summed E-state index contributed by atoms with van der Waals surface area (Å²) in [6, 6.07) is 42.5. The number of nitrogens with zero attached hydrogens (tertiary/aromatic N) is 2. The average Bonchev–Trinajstić information content (AvgIpc) is 3.52. The fourth-order valence-electron chi connectivity index (χ4n) is 5.10. The monoisotopic (exact) mass is 679 g/mol. The van der Waals surface area contributed by atoms with Gasteiger partial charge in [0.05, 0.1) is 17.4 Å². The first-order valence-corrected chi connectivity index (χ1v) is 16.8. The van der Waals surface area contributed by atoms with Crippen LogP contribution in [0.4, 0.5) is 11.4 Å². The van der Waals surface area contributed by atoms with Crippen LogP contribution < -0.4 is 21.0 Å². The Balaban J connectivity index is 1.10. The zero-order chi connectivity index (χ0) is 34.9. The van der Waals surface area contributed by atoms with Gasteiger partial charge in [0, 0.05) is 16.1 Å². The third-order valence-electron chi connectivity index (χ3n) is 7.70. The quantitative estimate of drug-likeness (QED) is 0.107. The SMILES string of the molecule is CC(Sc1ccc(NC(=O)/C(=C/c2ccc(-c3ccccc3)cc2)NC(=O)c2ccccc2)cc1)C(=O)NC1=NN(c2ccccc2)C(=O)C1. The van der Waals surface area contributed by atoms with Crippen LogP contribution >= 0.6 is 11.8 Å². The second kappa shape index (κ2) is 15.8. The summed E-state index contributed by atoms with van der Waals surface area (Å²) < 4.78 is 0. The van der Waals surface area contributed by atoms with Gasteiger partial charge in [-0.05, 0) is 78.2 Å². The summed E-state index contributed by atoms with van der Waals surface area (Å²) in [6.45, 7) is 1.76. The van der Waals surface area contributed by atoms with E-state index in [4.69, 9.17) is 0 Å². The Morgan fingerprint density at radius 1 is 0.740 bits per heavy atom. The zero-order valence-corrected chi connectivity index (χ0v) is 27.9. The maximum Gasteiger partial charge on any atom is 0.272 e. The number of hydrazone groups is 1. The molecule has 9 nitrogen and oxygen atoms in total. The van der Waals surface area contributed by atoms with Crippen molar-refractivity contribution in [3.8, 4) is 11.1 Å². The fraction of sp³-hybridized carbons (Fsp3) is 0.0750. The molecule has 0 radical (unpaired) electrons. The molecule has 0 aliphatic carbocycles. The first kappa shape index (κ1) is 33.6. The summed E-state index contributed by atoms with van der Waals surface area (Å²) in [5.41, 5.74) is 4.49. The minimum Gasteiger partial charge on any atom is -0.321 e. The third kappa shape index (κ3) is 8.60. The molecule has 6 rings (SSSR count). The van der Waals surface area contributed by atoms with E-state index in [1.54, 1.807) is 73.7 Å². The van der Waals surface area contributed by atoms with Gasteiger partial charge < -0.3 is 16.0 Å². The molecule has 3 N–H and O–H groups in total. The third-order valence-corrected chi connectivity index (χ3v) is 8.81. The van der Waals surface area contributed by atoms with Crippen molar-refractivity contribution in [1.29, 1.82) is 0 Å². The molecular formula is C40H33N5O4S. The maximum atomic E-state index is 13.5. The Morgan fingerprint density at radius 2 is 1.34 bits per heavy atom. The highest BCUT2D eigenvalue weighted by Gasteiger charge is 2.27. The summed E-state index contributed by atoms with van der Waals surface area (Å²) in [4.78, 5) is 52.8. The Morgan fingerprint density at radius 3 is 2.00 bits per heavy atom. The van der Waals surface area contributed by atoms with Crippen LogP contribution in [0.2, 0.25) is 0 Å². The lowest BCUT2D eigenvalue weighted by Gasteiger charge is -2.13. The summed E-state index contributed by atoms with van der Waals surface area (Å²) in [6.07, 6.45) is 1.64. The Bertz CT molecular complexity index is 2050. The van der Waals surface area contributed by atoms with Gasteiger partial charge in [0.15, 0.2) is 0 Å². The smallest absolute Gasteiger partial charge is 0.272 e. The zero-order valence-electron chi connectivity index (χ0n) is 27.1.